The molecule has 1 aliphatic rings. The smallest absolute Gasteiger partial charge is 0.255 e. The van der Waals surface area contributed by atoms with Crippen molar-refractivity contribution in [2.45, 2.75) is 30.8 Å². The number of amides is 1. The Kier molecular flexibility index (Phi) is 8.06. The maximum Gasteiger partial charge on any atom is 0.255 e. The average Bonchev–Trinajstić information content (AvgIpc) is 3.38. The molecule has 10 nitrogen and oxygen atoms in total. The molecule has 0 saturated carbocycles. The van der Waals surface area contributed by atoms with Crippen molar-refractivity contribution in [2.75, 3.05) is 32.0 Å². The third-order valence-corrected chi connectivity index (χ3v) is 7.75. The number of nitrogens with one attached hydrogen (secondary N) is 2. The van der Waals surface area contributed by atoms with Crippen LogP contribution in [0.4, 0.5) is 11.6 Å². The van der Waals surface area contributed by atoms with Crippen molar-refractivity contribution in [2.24, 2.45) is 0 Å². The summed E-state index contributed by atoms with van der Waals surface area (Å²) in [5.74, 6) is 1.83. The van der Waals surface area contributed by atoms with Gasteiger partial charge in [-0.2, -0.15) is 4.98 Å². The van der Waals surface area contributed by atoms with E-state index in [0.29, 0.717) is 45.1 Å². The Morgan fingerprint density at radius 2 is 1.71 bits per heavy atom. The number of phenols is 1. The predicted octanol–water partition coefficient (Wildman–Crippen LogP) is 5.54. The van der Waals surface area contributed by atoms with E-state index < -0.39 is 6.04 Å². The number of thioether (sulfide) groups is 1. The molecule has 0 aliphatic carbocycles. The molecule has 41 heavy (non-hydrogen) atoms. The number of ether oxygens (including phenoxy) is 3. The lowest BCUT2D eigenvalue weighted by Gasteiger charge is -2.29. The fourth-order valence-corrected chi connectivity index (χ4v) is 5.56. The molecule has 11 heteroatoms. The molecule has 3 aromatic carbocycles. The average molecular weight is 574 g/mol. The number of allylic oxidation sites excluding steroid dienone is 1. The molecule has 0 saturated heterocycles. The number of hydrogen-bond donors (Lipinski definition) is 3. The molecule has 212 valence electrons. The summed E-state index contributed by atoms with van der Waals surface area (Å²) in [5, 5.41) is 22.2. The van der Waals surface area contributed by atoms with Crippen LogP contribution in [0, 0.1) is 6.92 Å². The zero-order valence-corrected chi connectivity index (χ0v) is 24.2. The molecule has 0 radical (unpaired) electrons. The summed E-state index contributed by atoms with van der Waals surface area (Å²) in [6.45, 7) is 3.90. The number of nitrogens with zero attached hydrogens (tertiary/aromatic N) is 3. The highest BCUT2D eigenvalue weighted by Gasteiger charge is 2.35. The molecule has 0 bridgehead atoms. The van der Waals surface area contributed by atoms with Gasteiger partial charge in [0, 0.05) is 17.1 Å². The van der Waals surface area contributed by atoms with E-state index in [-0.39, 0.29) is 23.2 Å². The molecule has 0 spiro atoms. The van der Waals surface area contributed by atoms with Crippen molar-refractivity contribution >= 4 is 29.3 Å². The van der Waals surface area contributed by atoms with Crippen molar-refractivity contribution in [1.82, 2.24) is 14.8 Å². The van der Waals surface area contributed by atoms with E-state index >= 15 is 0 Å². The standard InChI is InChI=1S/C30H31N5O5S/c1-17-8-6-7-9-19(17)16-41-30-33-29-31-18(2)25(28(37)32-21-10-12-22(38-3)13-11-21)26(35(29)34-30)20-14-23(39-4)27(36)24(15-20)40-5/h6-15,26,36H,16H2,1-5H3,(H,32,37)(H,31,33,34)/t26-/m1/s1. The summed E-state index contributed by atoms with van der Waals surface area (Å²) in [7, 11) is 4.50. The largest absolute Gasteiger partial charge is 0.502 e. The highest BCUT2D eigenvalue weighted by molar-refractivity contribution is 7.98. The Balaban J connectivity index is 1.55. The summed E-state index contributed by atoms with van der Waals surface area (Å²) in [6, 6.07) is 17.9. The SMILES string of the molecule is COc1ccc(NC(=O)C2=C(C)Nc3nc(SCc4ccccc4C)nn3[C@@H]2c2cc(OC)c(O)c(OC)c2)cc1. The van der Waals surface area contributed by atoms with Crippen molar-refractivity contribution in [3.8, 4) is 23.0 Å². The molecule has 0 fully saturated rings. The van der Waals surface area contributed by atoms with Gasteiger partial charge in [-0.3, -0.25) is 4.79 Å². The lowest BCUT2D eigenvalue weighted by Crippen LogP contribution is -2.31. The first-order valence-corrected chi connectivity index (χ1v) is 13.8. The van der Waals surface area contributed by atoms with Gasteiger partial charge in [-0.1, -0.05) is 36.0 Å². The van der Waals surface area contributed by atoms with E-state index in [0.717, 1.165) is 0 Å². The van der Waals surface area contributed by atoms with Gasteiger partial charge in [0.25, 0.3) is 5.91 Å². The second-order valence-corrected chi connectivity index (χ2v) is 10.3. The number of hydrogen-bond acceptors (Lipinski definition) is 9. The summed E-state index contributed by atoms with van der Waals surface area (Å²) < 4.78 is 17.8. The molecule has 1 atom stereocenters. The lowest BCUT2D eigenvalue weighted by molar-refractivity contribution is -0.113. The van der Waals surface area contributed by atoms with Crippen molar-refractivity contribution in [3.63, 3.8) is 0 Å². The molecule has 1 amide bonds. The van der Waals surface area contributed by atoms with E-state index in [1.807, 2.05) is 19.1 Å². The summed E-state index contributed by atoms with van der Waals surface area (Å²) >= 11 is 1.51. The zero-order chi connectivity index (χ0) is 29.1. The number of methoxy groups -OCH3 is 3. The van der Waals surface area contributed by atoms with Crippen LogP contribution in [0.3, 0.4) is 0 Å². The molecular formula is C30H31N5O5S. The van der Waals surface area contributed by atoms with Crippen LogP contribution in [0.25, 0.3) is 0 Å². The Morgan fingerprint density at radius 1 is 1.02 bits per heavy atom. The molecule has 4 aromatic rings. The third-order valence-electron chi connectivity index (χ3n) is 6.86. The highest BCUT2D eigenvalue weighted by Crippen LogP contribution is 2.44. The first-order chi connectivity index (χ1) is 19.8. The van der Waals surface area contributed by atoms with E-state index in [1.165, 1.54) is 37.1 Å². The van der Waals surface area contributed by atoms with E-state index in [1.54, 1.807) is 48.2 Å². The quantitative estimate of drug-likeness (QED) is 0.222. The number of fused-ring (bicyclic) bond motifs is 1. The highest BCUT2D eigenvalue weighted by atomic mass is 32.2. The van der Waals surface area contributed by atoms with Crippen molar-refractivity contribution in [3.05, 3.63) is 88.6 Å². The second kappa shape index (κ2) is 11.8. The second-order valence-electron chi connectivity index (χ2n) is 9.40. The van der Waals surface area contributed by atoms with Crippen LogP contribution in [0.5, 0.6) is 23.0 Å². The zero-order valence-electron chi connectivity index (χ0n) is 23.4. The number of anilines is 2. The first kappa shape index (κ1) is 27.9. The minimum Gasteiger partial charge on any atom is -0.502 e. The van der Waals surface area contributed by atoms with Crippen molar-refractivity contribution in [1.29, 1.82) is 0 Å². The minimum atomic E-state index is -0.701. The van der Waals surface area contributed by atoms with Gasteiger partial charge in [-0.05, 0) is 66.9 Å². The third kappa shape index (κ3) is 5.66. The van der Waals surface area contributed by atoms with Gasteiger partial charge in [-0.25, -0.2) is 4.68 Å². The number of carbonyl (C=O) groups excluding carboxylic acids is 1. The molecule has 1 aliphatic heterocycles. The molecule has 1 aromatic heterocycles. The van der Waals surface area contributed by atoms with Gasteiger partial charge < -0.3 is 30.0 Å². The van der Waals surface area contributed by atoms with Gasteiger partial charge in [0.1, 0.15) is 11.8 Å². The molecular weight excluding hydrogens is 542 g/mol. The van der Waals surface area contributed by atoms with Crippen LogP contribution >= 0.6 is 11.8 Å². The lowest BCUT2D eigenvalue weighted by atomic mass is 9.94. The predicted molar refractivity (Wildman–Crippen MR) is 158 cm³/mol. The normalized spacial score (nSPS) is 14.2. The Bertz CT molecular complexity index is 1590. The summed E-state index contributed by atoms with van der Waals surface area (Å²) in [6.07, 6.45) is 0. The molecule has 2 heterocycles. The number of aromatic hydroxyl groups is 1. The molecule has 3 N–H and O–H groups in total. The van der Waals surface area contributed by atoms with Gasteiger partial charge in [-0.15, -0.1) is 5.10 Å². The summed E-state index contributed by atoms with van der Waals surface area (Å²) in [4.78, 5) is 18.6. The number of aryl methyl sites for hydroxylation is 1. The monoisotopic (exact) mass is 573 g/mol. The van der Waals surface area contributed by atoms with Crippen LogP contribution in [0.1, 0.15) is 29.7 Å². The number of rotatable bonds is 9. The Morgan fingerprint density at radius 3 is 2.34 bits per heavy atom. The summed E-state index contributed by atoms with van der Waals surface area (Å²) in [5.41, 5.74) is 4.65. The maximum atomic E-state index is 13.8. The topological polar surface area (TPSA) is 120 Å². The fourth-order valence-electron chi connectivity index (χ4n) is 4.65. The number of carbonyl (C=O) groups is 1. The van der Waals surface area contributed by atoms with Crippen LogP contribution in [-0.2, 0) is 10.5 Å². The van der Waals surface area contributed by atoms with Crippen LogP contribution in [-0.4, -0.2) is 47.1 Å². The van der Waals surface area contributed by atoms with Crippen LogP contribution in [0.15, 0.2) is 77.1 Å². The van der Waals surface area contributed by atoms with Gasteiger partial charge in [0.15, 0.2) is 11.5 Å². The first-order valence-electron chi connectivity index (χ1n) is 12.8. The van der Waals surface area contributed by atoms with Gasteiger partial charge >= 0.3 is 0 Å². The van der Waals surface area contributed by atoms with Crippen LogP contribution < -0.4 is 24.8 Å². The Labute approximate surface area is 242 Å². The minimum absolute atomic E-state index is 0.133. The maximum absolute atomic E-state index is 13.8. The Hall–Kier alpha value is -4.64. The number of benzene rings is 3. The van der Waals surface area contributed by atoms with E-state index in [9.17, 15) is 9.90 Å². The van der Waals surface area contributed by atoms with Crippen LogP contribution in [0.2, 0.25) is 0 Å². The van der Waals surface area contributed by atoms with E-state index in [4.69, 9.17) is 24.3 Å². The van der Waals surface area contributed by atoms with Crippen molar-refractivity contribution < 1.29 is 24.1 Å². The molecule has 0 unspecified atom stereocenters. The fraction of sp³-hybridized carbons (Fsp3) is 0.233. The van der Waals surface area contributed by atoms with Gasteiger partial charge in [0.05, 0.1) is 26.9 Å². The molecule has 5 rings (SSSR count). The van der Waals surface area contributed by atoms with Gasteiger partial charge in [0.2, 0.25) is 16.9 Å². The van der Waals surface area contributed by atoms with E-state index in [2.05, 4.69) is 29.7 Å². The number of phenolic OH excluding ortho intramolecular Hbond substituents is 1. The number of aromatic nitrogens is 3.